The molecule has 2 atom stereocenters. The average molecular weight is 467 g/mol. The lowest BCUT2D eigenvalue weighted by atomic mass is 9.88. The smallest absolute Gasteiger partial charge is 0.181 e. The van der Waals surface area contributed by atoms with Crippen LogP contribution in [0.15, 0.2) is 66.7 Å². The third-order valence-corrected chi connectivity index (χ3v) is 5.88. The lowest BCUT2D eigenvalue weighted by Gasteiger charge is -2.15. The maximum absolute atomic E-state index is 13.8. The van der Waals surface area contributed by atoms with E-state index in [1.54, 1.807) is 36.4 Å². The van der Waals surface area contributed by atoms with Gasteiger partial charge in [-0.3, -0.25) is 9.59 Å². The first-order chi connectivity index (χ1) is 15.9. The highest BCUT2D eigenvalue weighted by Gasteiger charge is 2.34. The molecule has 0 aliphatic carbocycles. The van der Waals surface area contributed by atoms with Gasteiger partial charge in [0, 0.05) is 22.9 Å². The highest BCUT2D eigenvalue weighted by atomic mass is 32.2. The van der Waals surface area contributed by atoms with Crippen LogP contribution in [-0.2, 0) is 0 Å². The van der Waals surface area contributed by atoms with E-state index >= 15 is 0 Å². The summed E-state index contributed by atoms with van der Waals surface area (Å²) in [6.07, 6.45) is 1.07. The van der Waals surface area contributed by atoms with Gasteiger partial charge in [0.1, 0.15) is 23.4 Å². The van der Waals surface area contributed by atoms with Gasteiger partial charge in [-0.15, -0.1) is 0 Å². The molecular weight excluding hydrogens is 446 g/mol. The highest BCUT2D eigenvalue weighted by molar-refractivity contribution is 7.98. The second kappa shape index (κ2) is 9.64. The number of ketones is 2. The molecule has 0 aliphatic heterocycles. The van der Waals surface area contributed by atoms with E-state index < -0.39 is 35.2 Å². The highest BCUT2D eigenvalue weighted by Crippen LogP contribution is 2.28. The summed E-state index contributed by atoms with van der Waals surface area (Å²) >= 11 is 1.45. The fourth-order valence-electron chi connectivity index (χ4n) is 3.66. The van der Waals surface area contributed by atoms with Crippen molar-refractivity contribution in [2.75, 3.05) is 12.0 Å². The van der Waals surface area contributed by atoms with Crippen LogP contribution in [0.1, 0.15) is 44.1 Å². The van der Waals surface area contributed by atoms with Gasteiger partial charge < -0.3 is 10.1 Å². The average Bonchev–Trinajstić information content (AvgIpc) is 3.22. The number of aromatic amines is 1. The van der Waals surface area contributed by atoms with E-state index in [-0.39, 0.29) is 17.0 Å². The third kappa shape index (κ3) is 4.86. The Morgan fingerprint density at radius 1 is 0.970 bits per heavy atom. The summed E-state index contributed by atoms with van der Waals surface area (Å²) in [5.74, 6) is -4.16. The first kappa shape index (κ1) is 22.8. The molecule has 8 heteroatoms. The molecule has 3 aromatic carbocycles. The van der Waals surface area contributed by atoms with Crippen LogP contribution in [0.5, 0.6) is 0 Å². The summed E-state index contributed by atoms with van der Waals surface area (Å²) in [6.45, 7) is 0. The summed E-state index contributed by atoms with van der Waals surface area (Å²) in [5, 5.41) is 10.3. The Kier molecular flexibility index (Phi) is 6.67. The Morgan fingerprint density at radius 2 is 1.67 bits per heavy atom. The van der Waals surface area contributed by atoms with Crippen molar-refractivity contribution < 1.29 is 23.5 Å². The maximum Gasteiger partial charge on any atom is 0.181 e. The number of nitrogens with zero attached hydrogens (tertiary/aromatic N) is 1. The number of rotatable bonds is 8. The molecule has 0 aliphatic rings. The van der Waals surface area contributed by atoms with Gasteiger partial charge in [0.25, 0.3) is 0 Å². The lowest BCUT2D eigenvalue weighted by molar-refractivity contribution is 0.0855. The number of aliphatic hydroxyl groups excluding tert-OH is 1. The van der Waals surface area contributed by atoms with Crippen LogP contribution in [0.4, 0.5) is 8.78 Å². The number of thioether (sulfide) groups is 1. The van der Waals surface area contributed by atoms with Crippen molar-refractivity contribution in [2.24, 2.45) is 0 Å². The molecule has 0 saturated heterocycles. The minimum absolute atomic E-state index is 0.0749. The van der Waals surface area contributed by atoms with Crippen molar-refractivity contribution >= 4 is 34.4 Å². The predicted molar refractivity (Wildman–Crippen MR) is 124 cm³/mol. The summed E-state index contributed by atoms with van der Waals surface area (Å²) < 4.78 is 27.7. The number of fused-ring (bicyclic) bond motifs is 1. The van der Waals surface area contributed by atoms with E-state index in [2.05, 4.69) is 9.97 Å². The Balaban J connectivity index is 1.81. The Bertz CT molecular complexity index is 1280. The third-order valence-electron chi connectivity index (χ3n) is 5.23. The standard InChI is InChI=1S/C25H20F2N2O3S/c1-33-13-21(30)14-5-4-6-15(9-14)23(31)22(24(32)16-10-17(26)12-18(27)11-16)25-28-19-7-2-3-8-20(19)29-25/h2-12,21-22,30H,13H2,1H3,(H,28,29). The summed E-state index contributed by atoms with van der Waals surface area (Å²) in [5.41, 5.74) is 1.61. The van der Waals surface area contributed by atoms with Crippen LogP contribution in [-0.4, -0.2) is 38.6 Å². The number of halogens is 2. The number of benzene rings is 3. The van der Waals surface area contributed by atoms with Gasteiger partial charge in [-0.05, 0) is 42.2 Å². The monoisotopic (exact) mass is 466 g/mol. The van der Waals surface area contributed by atoms with Crippen LogP contribution in [0, 0.1) is 11.6 Å². The molecule has 2 N–H and O–H groups in total. The maximum atomic E-state index is 13.8. The number of hydrogen-bond acceptors (Lipinski definition) is 5. The molecule has 168 valence electrons. The fourth-order valence-corrected chi connectivity index (χ4v) is 4.17. The number of Topliss-reactive ketones (excluding diaryl/α,β-unsaturated/α-hetero) is 2. The van der Waals surface area contributed by atoms with E-state index in [4.69, 9.17) is 0 Å². The minimum Gasteiger partial charge on any atom is -0.388 e. The van der Waals surface area contributed by atoms with Crippen LogP contribution in [0.2, 0.25) is 0 Å². The first-order valence-corrected chi connectivity index (χ1v) is 11.5. The van der Waals surface area contributed by atoms with Crippen LogP contribution in [0.25, 0.3) is 11.0 Å². The normalized spacial score (nSPS) is 13.1. The molecule has 1 heterocycles. The van der Waals surface area contributed by atoms with Crippen molar-refractivity contribution in [3.63, 3.8) is 0 Å². The van der Waals surface area contributed by atoms with E-state index in [0.29, 0.717) is 28.4 Å². The van der Waals surface area contributed by atoms with Crippen LogP contribution >= 0.6 is 11.8 Å². The minimum atomic E-state index is -1.45. The number of imidazole rings is 1. The molecule has 0 amide bonds. The molecule has 0 spiro atoms. The van der Waals surface area contributed by atoms with Crippen molar-refractivity contribution in [2.45, 2.75) is 12.0 Å². The second-order valence-electron chi connectivity index (χ2n) is 7.56. The lowest BCUT2D eigenvalue weighted by Crippen LogP contribution is -2.24. The number of aliphatic hydroxyl groups is 1. The van der Waals surface area contributed by atoms with E-state index in [9.17, 15) is 23.5 Å². The second-order valence-corrected chi connectivity index (χ2v) is 8.47. The SMILES string of the molecule is CSCC(O)c1cccc(C(=O)C(C(=O)c2cc(F)cc(F)c2)c2nc3ccccc3[nH]2)c1. The molecule has 0 bridgehead atoms. The molecule has 0 saturated carbocycles. The topological polar surface area (TPSA) is 83.0 Å². The Morgan fingerprint density at radius 3 is 2.36 bits per heavy atom. The Labute approximate surface area is 192 Å². The van der Waals surface area contributed by atoms with E-state index in [1.807, 2.05) is 6.26 Å². The van der Waals surface area contributed by atoms with Crippen molar-refractivity contribution in [1.29, 1.82) is 0 Å². The number of para-hydroxylation sites is 2. The Hall–Kier alpha value is -3.36. The zero-order valence-electron chi connectivity index (χ0n) is 17.6. The molecule has 5 nitrogen and oxygen atoms in total. The number of carbonyl (C=O) groups is 2. The molecule has 2 unspecified atom stereocenters. The van der Waals surface area contributed by atoms with Gasteiger partial charge in [-0.1, -0.05) is 30.3 Å². The zero-order chi connectivity index (χ0) is 23.5. The zero-order valence-corrected chi connectivity index (χ0v) is 18.4. The summed E-state index contributed by atoms with van der Waals surface area (Å²) in [7, 11) is 0. The van der Waals surface area contributed by atoms with E-state index in [1.165, 1.54) is 23.9 Å². The molecular formula is C25H20F2N2O3S. The van der Waals surface area contributed by atoms with Crippen molar-refractivity contribution in [3.05, 3.63) is 101 Å². The van der Waals surface area contributed by atoms with E-state index in [0.717, 1.165) is 12.1 Å². The predicted octanol–water partition coefficient (Wildman–Crippen LogP) is 5.09. The summed E-state index contributed by atoms with van der Waals surface area (Å²) in [4.78, 5) is 34.4. The number of H-pyrrole nitrogens is 1. The number of aromatic nitrogens is 2. The molecule has 0 radical (unpaired) electrons. The van der Waals surface area contributed by atoms with Crippen LogP contribution < -0.4 is 0 Å². The number of nitrogens with one attached hydrogen (secondary N) is 1. The van der Waals surface area contributed by atoms with Gasteiger partial charge in [0.2, 0.25) is 0 Å². The molecule has 33 heavy (non-hydrogen) atoms. The van der Waals surface area contributed by atoms with Gasteiger partial charge in [-0.2, -0.15) is 11.8 Å². The number of hydrogen-bond donors (Lipinski definition) is 2. The van der Waals surface area contributed by atoms with Gasteiger partial charge in [0.15, 0.2) is 11.6 Å². The first-order valence-electron chi connectivity index (χ1n) is 10.1. The molecule has 4 rings (SSSR count). The largest absolute Gasteiger partial charge is 0.388 e. The summed E-state index contributed by atoms with van der Waals surface area (Å²) in [6, 6.07) is 15.8. The number of carbonyl (C=O) groups excluding carboxylic acids is 2. The van der Waals surface area contributed by atoms with Crippen molar-refractivity contribution in [1.82, 2.24) is 9.97 Å². The van der Waals surface area contributed by atoms with Crippen molar-refractivity contribution in [3.8, 4) is 0 Å². The molecule has 0 fully saturated rings. The fraction of sp³-hybridized carbons (Fsp3) is 0.160. The van der Waals surface area contributed by atoms with Gasteiger partial charge in [0.05, 0.1) is 17.1 Å². The quantitative estimate of drug-likeness (QED) is 0.279. The molecule has 4 aromatic rings. The van der Waals surface area contributed by atoms with Crippen LogP contribution in [0.3, 0.4) is 0 Å². The van der Waals surface area contributed by atoms with Gasteiger partial charge in [-0.25, -0.2) is 13.8 Å². The van der Waals surface area contributed by atoms with Gasteiger partial charge >= 0.3 is 0 Å². The molecule has 1 aromatic heterocycles.